The number of rotatable bonds is 2. The van der Waals surface area contributed by atoms with Crippen molar-refractivity contribution in [2.24, 2.45) is 23.7 Å². The third kappa shape index (κ3) is 11.2. The van der Waals surface area contributed by atoms with Crippen LogP contribution in [0.1, 0.15) is 68.2 Å². The zero-order chi connectivity index (χ0) is 27.1. The van der Waals surface area contributed by atoms with Gasteiger partial charge in [-0.1, -0.05) is 13.8 Å². The van der Waals surface area contributed by atoms with E-state index in [2.05, 4.69) is 0 Å². The molecule has 0 radical (unpaired) electrons. The largest absolute Gasteiger partial charge is 0.481 e. The Balaban J connectivity index is 0.000000351. The number of esters is 1. The average Bonchev–Trinajstić information content (AvgIpc) is 2.70. The summed E-state index contributed by atoms with van der Waals surface area (Å²) in [7, 11) is 1.37. The number of hydrogen-bond acceptors (Lipinski definition) is 7. The molecule has 35 heavy (non-hydrogen) atoms. The Kier molecular flexibility index (Phi) is 10.8. The second-order valence-electron chi connectivity index (χ2n) is 11.7. The lowest BCUT2D eigenvalue weighted by molar-refractivity contribution is -0.148. The number of carbonyl (C=O) groups is 4. The summed E-state index contributed by atoms with van der Waals surface area (Å²) < 4.78 is 15.3. The van der Waals surface area contributed by atoms with Gasteiger partial charge in [0.1, 0.15) is 11.2 Å². The molecule has 2 aliphatic rings. The molecule has 4 atom stereocenters. The number of amides is 2. The lowest BCUT2D eigenvalue weighted by Crippen LogP contribution is -2.47. The van der Waals surface area contributed by atoms with Crippen LogP contribution in [0.3, 0.4) is 0 Å². The maximum atomic E-state index is 12.0. The number of likely N-dealkylation sites (tertiary alicyclic amines) is 2. The first kappa shape index (κ1) is 30.5. The molecule has 2 saturated heterocycles. The summed E-state index contributed by atoms with van der Waals surface area (Å²) in [6.07, 6.45) is 0.596. The van der Waals surface area contributed by atoms with Crippen LogP contribution in [-0.2, 0) is 23.8 Å². The molecule has 0 aromatic rings. The van der Waals surface area contributed by atoms with Crippen LogP contribution in [0.15, 0.2) is 0 Å². The van der Waals surface area contributed by atoms with Crippen LogP contribution in [0, 0.1) is 23.7 Å². The number of piperidine rings is 2. The van der Waals surface area contributed by atoms with Gasteiger partial charge in [-0.2, -0.15) is 0 Å². The molecule has 0 aliphatic carbocycles. The number of hydrogen-bond donors (Lipinski definition) is 1. The molecule has 1 N–H and O–H groups in total. The van der Waals surface area contributed by atoms with E-state index in [0.717, 1.165) is 6.42 Å². The van der Waals surface area contributed by atoms with E-state index >= 15 is 0 Å². The first-order chi connectivity index (χ1) is 15.9. The lowest BCUT2D eigenvalue weighted by atomic mass is 9.91. The van der Waals surface area contributed by atoms with Gasteiger partial charge in [-0.15, -0.1) is 0 Å². The van der Waals surface area contributed by atoms with Gasteiger partial charge >= 0.3 is 24.1 Å². The molecule has 2 amide bonds. The molecule has 2 aliphatic heterocycles. The quantitative estimate of drug-likeness (QED) is 0.446. The van der Waals surface area contributed by atoms with Gasteiger partial charge in [0.25, 0.3) is 0 Å². The van der Waals surface area contributed by atoms with Crippen molar-refractivity contribution in [1.29, 1.82) is 0 Å². The molecule has 0 aromatic carbocycles. The van der Waals surface area contributed by atoms with Crippen molar-refractivity contribution < 1.29 is 38.5 Å². The van der Waals surface area contributed by atoms with Crippen LogP contribution in [0.2, 0.25) is 0 Å². The predicted molar refractivity (Wildman–Crippen MR) is 130 cm³/mol. The summed E-state index contributed by atoms with van der Waals surface area (Å²) >= 11 is 0. The van der Waals surface area contributed by atoms with Crippen LogP contribution in [0.5, 0.6) is 0 Å². The molecule has 2 heterocycles. The van der Waals surface area contributed by atoms with E-state index in [1.807, 2.05) is 34.6 Å². The molecule has 0 unspecified atom stereocenters. The van der Waals surface area contributed by atoms with Crippen molar-refractivity contribution in [1.82, 2.24) is 9.80 Å². The Morgan fingerprint density at radius 2 is 1.09 bits per heavy atom. The normalized spacial score (nSPS) is 25.1. The van der Waals surface area contributed by atoms with Crippen LogP contribution >= 0.6 is 0 Å². The monoisotopic (exact) mass is 500 g/mol. The van der Waals surface area contributed by atoms with E-state index in [4.69, 9.17) is 19.3 Å². The number of carbonyl (C=O) groups excluding carboxylic acids is 3. The molecule has 202 valence electrons. The van der Waals surface area contributed by atoms with Crippen molar-refractivity contribution in [2.75, 3.05) is 33.3 Å². The SMILES string of the molecule is COC(=O)[C@H]1C[C@@H](C)CN(C(=O)OC(C)(C)C)C1.C[C@@H]1C[C@H](C(=O)O)CN(C(=O)OC(C)(C)C)C1. The smallest absolute Gasteiger partial charge is 0.410 e. The van der Waals surface area contributed by atoms with E-state index in [1.54, 1.807) is 25.7 Å². The van der Waals surface area contributed by atoms with Crippen molar-refractivity contribution in [3.63, 3.8) is 0 Å². The Morgan fingerprint density at radius 3 is 1.43 bits per heavy atom. The molecule has 0 spiro atoms. The van der Waals surface area contributed by atoms with Gasteiger partial charge in [0.05, 0.1) is 18.9 Å². The number of ether oxygens (including phenoxy) is 3. The van der Waals surface area contributed by atoms with Crippen molar-refractivity contribution >= 4 is 24.1 Å². The second-order valence-corrected chi connectivity index (χ2v) is 11.7. The zero-order valence-corrected chi connectivity index (χ0v) is 22.8. The molecule has 0 aromatic heterocycles. The average molecular weight is 501 g/mol. The van der Waals surface area contributed by atoms with Gasteiger partial charge in [0.2, 0.25) is 0 Å². The van der Waals surface area contributed by atoms with Gasteiger partial charge in [-0.25, -0.2) is 9.59 Å². The maximum absolute atomic E-state index is 12.0. The lowest BCUT2D eigenvalue weighted by Gasteiger charge is -2.36. The summed E-state index contributed by atoms with van der Waals surface area (Å²) in [6.45, 7) is 16.7. The van der Waals surface area contributed by atoms with E-state index in [-0.39, 0.29) is 36.4 Å². The summed E-state index contributed by atoms with van der Waals surface area (Å²) in [6, 6.07) is 0. The van der Waals surface area contributed by atoms with Crippen molar-refractivity contribution in [3.8, 4) is 0 Å². The summed E-state index contributed by atoms with van der Waals surface area (Å²) in [5.41, 5.74) is -1.06. The molecule has 10 heteroatoms. The Morgan fingerprint density at radius 1 is 0.714 bits per heavy atom. The highest BCUT2D eigenvalue weighted by Gasteiger charge is 2.35. The second kappa shape index (κ2) is 12.4. The number of nitrogens with zero attached hydrogens (tertiary/aromatic N) is 2. The molecular weight excluding hydrogens is 456 g/mol. The van der Waals surface area contributed by atoms with Crippen LogP contribution < -0.4 is 0 Å². The first-order valence-corrected chi connectivity index (χ1v) is 12.2. The van der Waals surface area contributed by atoms with Gasteiger partial charge in [0.15, 0.2) is 0 Å². The molecule has 2 rings (SSSR count). The van der Waals surface area contributed by atoms with E-state index < -0.39 is 29.2 Å². The fraction of sp³-hybridized carbons (Fsp3) is 0.840. The summed E-state index contributed by atoms with van der Waals surface area (Å²) in [5, 5.41) is 9.01. The van der Waals surface area contributed by atoms with Crippen LogP contribution in [0.4, 0.5) is 9.59 Å². The Bertz CT molecular complexity index is 756. The topological polar surface area (TPSA) is 123 Å². The number of methoxy groups -OCH3 is 1. The molecule has 2 fully saturated rings. The fourth-order valence-corrected chi connectivity index (χ4v) is 4.17. The number of aliphatic carboxylic acids is 1. The predicted octanol–water partition coefficient (Wildman–Crippen LogP) is 4.02. The minimum absolute atomic E-state index is 0.192. The van der Waals surface area contributed by atoms with E-state index in [9.17, 15) is 19.2 Å². The zero-order valence-electron chi connectivity index (χ0n) is 22.8. The van der Waals surface area contributed by atoms with Gasteiger partial charge in [-0.3, -0.25) is 9.59 Å². The third-order valence-electron chi connectivity index (χ3n) is 5.51. The molecule has 0 saturated carbocycles. The molecular formula is C25H44N2O8. The van der Waals surface area contributed by atoms with Gasteiger partial charge in [-0.05, 0) is 66.2 Å². The van der Waals surface area contributed by atoms with E-state index in [1.165, 1.54) is 12.0 Å². The summed E-state index contributed by atoms with van der Waals surface area (Å²) in [5.74, 6) is -1.36. The highest BCUT2D eigenvalue weighted by molar-refractivity contribution is 5.75. The van der Waals surface area contributed by atoms with Crippen molar-refractivity contribution in [2.45, 2.75) is 79.4 Å². The number of carboxylic acid groups (broad SMARTS) is 1. The Hall–Kier alpha value is -2.52. The van der Waals surface area contributed by atoms with Crippen LogP contribution in [-0.4, -0.2) is 83.5 Å². The summed E-state index contributed by atoms with van der Waals surface area (Å²) in [4.78, 5) is 49.4. The van der Waals surface area contributed by atoms with Gasteiger partial charge < -0.3 is 29.1 Å². The fourth-order valence-electron chi connectivity index (χ4n) is 4.17. The molecule has 10 nitrogen and oxygen atoms in total. The Labute approximate surface area is 209 Å². The van der Waals surface area contributed by atoms with Crippen LogP contribution in [0.25, 0.3) is 0 Å². The third-order valence-corrected chi connectivity index (χ3v) is 5.51. The van der Waals surface area contributed by atoms with E-state index in [0.29, 0.717) is 26.1 Å². The minimum atomic E-state index is -0.842. The highest BCUT2D eigenvalue weighted by Crippen LogP contribution is 2.25. The maximum Gasteiger partial charge on any atom is 0.410 e. The first-order valence-electron chi connectivity index (χ1n) is 12.2. The highest BCUT2D eigenvalue weighted by atomic mass is 16.6. The molecule has 0 bridgehead atoms. The van der Waals surface area contributed by atoms with Crippen molar-refractivity contribution in [3.05, 3.63) is 0 Å². The standard InChI is InChI=1S/C13H23NO4.C12H21NO4/c1-9-6-10(11(15)17-5)8-14(7-9)12(16)18-13(2,3)4;1-8-5-9(10(14)15)7-13(6-8)11(16)17-12(2,3)4/h9-10H,6-8H2,1-5H3;8-9H,5-7H2,1-4H3,(H,14,15)/t9-,10+;8-,9+/m11/s1. The number of carboxylic acids is 1. The minimum Gasteiger partial charge on any atom is -0.481 e. The van der Waals surface area contributed by atoms with Gasteiger partial charge in [0, 0.05) is 26.2 Å².